The highest BCUT2D eigenvalue weighted by Crippen LogP contribution is 2.35. The molecule has 0 aliphatic heterocycles. The van der Waals surface area contributed by atoms with E-state index in [1.807, 2.05) is 24.3 Å². The van der Waals surface area contributed by atoms with Gasteiger partial charge < -0.3 is 5.11 Å². The monoisotopic (exact) mass is 303 g/mol. The second-order valence-electron chi connectivity index (χ2n) is 4.49. The average Bonchev–Trinajstić information content (AvgIpc) is 2.49. The number of hydrogen-bond donors (Lipinski definition) is 1. The lowest BCUT2D eigenvalue weighted by Gasteiger charge is -2.16. The third-order valence-corrected chi connectivity index (χ3v) is 4.12. The fourth-order valence-electron chi connectivity index (χ4n) is 2.29. The van der Waals surface area contributed by atoms with Crippen LogP contribution < -0.4 is 0 Å². The van der Waals surface area contributed by atoms with E-state index in [4.69, 9.17) is 23.2 Å². The van der Waals surface area contributed by atoms with Crippen LogP contribution in [-0.2, 0) is 0 Å². The van der Waals surface area contributed by atoms with Crippen molar-refractivity contribution in [1.82, 2.24) is 4.98 Å². The van der Waals surface area contributed by atoms with Crippen LogP contribution >= 0.6 is 23.2 Å². The van der Waals surface area contributed by atoms with Crippen molar-refractivity contribution in [2.45, 2.75) is 6.10 Å². The molecule has 0 spiro atoms. The van der Waals surface area contributed by atoms with Crippen LogP contribution in [0, 0.1) is 0 Å². The van der Waals surface area contributed by atoms with Crippen molar-refractivity contribution in [3.63, 3.8) is 0 Å². The highest BCUT2D eigenvalue weighted by Gasteiger charge is 2.17. The Kier molecular flexibility index (Phi) is 3.62. The van der Waals surface area contributed by atoms with Gasteiger partial charge in [-0.3, -0.25) is 4.98 Å². The van der Waals surface area contributed by atoms with Gasteiger partial charge in [-0.15, -0.1) is 0 Å². The molecule has 1 heterocycles. The number of aromatic nitrogens is 1. The first-order valence-electron chi connectivity index (χ1n) is 6.13. The van der Waals surface area contributed by atoms with Gasteiger partial charge in [-0.2, -0.15) is 0 Å². The number of hydrogen-bond acceptors (Lipinski definition) is 2. The number of aliphatic hydroxyl groups is 1. The zero-order valence-corrected chi connectivity index (χ0v) is 11.9. The Labute approximate surface area is 126 Å². The van der Waals surface area contributed by atoms with Gasteiger partial charge in [0.25, 0.3) is 0 Å². The van der Waals surface area contributed by atoms with Crippen molar-refractivity contribution >= 4 is 34.0 Å². The van der Waals surface area contributed by atoms with Crippen molar-refractivity contribution < 1.29 is 5.11 Å². The number of fused-ring (bicyclic) bond motifs is 1. The third kappa shape index (κ3) is 2.27. The van der Waals surface area contributed by atoms with Crippen molar-refractivity contribution in [1.29, 1.82) is 0 Å². The summed E-state index contributed by atoms with van der Waals surface area (Å²) in [6, 6.07) is 12.9. The predicted molar refractivity (Wildman–Crippen MR) is 82.3 cm³/mol. The number of rotatable bonds is 2. The Bertz CT molecular complexity index is 768. The molecule has 3 aromatic rings. The molecule has 0 amide bonds. The molecule has 2 nitrogen and oxygen atoms in total. The van der Waals surface area contributed by atoms with E-state index in [9.17, 15) is 5.11 Å². The largest absolute Gasteiger partial charge is 0.384 e. The quantitative estimate of drug-likeness (QED) is 0.749. The zero-order valence-electron chi connectivity index (χ0n) is 10.4. The van der Waals surface area contributed by atoms with Crippen molar-refractivity contribution in [2.24, 2.45) is 0 Å². The van der Waals surface area contributed by atoms with Crippen LogP contribution in [0.15, 0.2) is 54.9 Å². The average molecular weight is 304 g/mol. The van der Waals surface area contributed by atoms with E-state index in [-0.39, 0.29) is 0 Å². The Balaban J connectivity index is 2.18. The van der Waals surface area contributed by atoms with E-state index in [1.54, 1.807) is 30.6 Å². The second-order valence-corrected chi connectivity index (χ2v) is 5.27. The maximum Gasteiger partial charge on any atom is 0.106 e. The fourth-order valence-corrected chi connectivity index (χ4v) is 2.70. The van der Waals surface area contributed by atoms with E-state index >= 15 is 0 Å². The van der Waals surface area contributed by atoms with E-state index in [2.05, 4.69) is 4.98 Å². The minimum atomic E-state index is -0.827. The van der Waals surface area contributed by atoms with Crippen molar-refractivity contribution in [3.05, 3.63) is 76.0 Å². The minimum absolute atomic E-state index is 0.382. The molecule has 2 aromatic carbocycles. The predicted octanol–water partition coefficient (Wildman–Crippen LogP) is 4.62. The number of aliphatic hydroxyl groups excluding tert-OH is 1. The van der Waals surface area contributed by atoms with Gasteiger partial charge in [0.15, 0.2) is 0 Å². The summed E-state index contributed by atoms with van der Waals surface area (Å²) < 4.78 is 0. The Morgan fingerprint density at radius 3 is 2.55 bits per heavy atom. The van der Waals surface area contributed by atoms with E-state index in [1.165, 1.54) is 0 Å². The smallest absolute Gasteiger partial charge is 0.106 e. The lowest BCUT2D eigenvalue weighted by molar-refractivity contribution is 0.222. The maximum absolute atomic E-state index is 10.6. The van der Waals surface area contributed by atoms with Gasteiger partial charge >= 0.3 is 0 Å². The van der Waals surface area contributed by atoms with Crippen molar-refractivity contribution in [3.8, 4) is 0 Å². The number of benzene rings is 2. The van der Waals surface area contributed by atoms with Gasteiger partial charge in [-0.05, 0) is 23.1 Å². The van der Waals surface area contributed by atoms with Crippen LogP contribution in [0.1, 0.15) is 17.2 Å². The standard InChI is InChI=1S/C16H11Cl2NO/c17-14-6-2-5-13(15(14)18)16(20)12-4-1-3-10-9-19-8-7-11(10)12/h1-9,16,20H. The molecule has 0 bridgehead atoms. The fraction of sp³-hybridized carbons (Fsp3) is 0.0625. The summed E-state index contributed by atoms with van der Waals surface area (Å²) in [6.07, 6.45) is 2.65. The van der Waals surface area contributed by atoms with Crippen LogP contribution in [0.25, 0.3) is 10.8 Å². The summed E-state index contributed by atoms with van der Waals surface area (Å²) in [5.41, 5.74) is 1.39. The van der Waals surface area contributed by atoms with Crippen LogP contribution in [0.4, 0.5) is 0 Å². The van der Waals surface area contributed by atoms with E-state index < -0.39 is 6.10 Å². The van der Waals surface area contributed by atoms with Gasteiger partial charge in [-0.1, -0.05) is 53.5 Å². The van der Waals surface area contributed by atoms with Crippen LogP contribution in [0.2, 0.25) is 10.0 Å². The first-order chi connectivity index (χ1) is 9.68. The lowest BCUT2D eigenvalue weighted by atomic mass is 9.97. The number of pyridine rings is 1. The van der Waals surface area contributed by atoms with Gasteiger partial charge in [-0.25, -0.2) is 0 Å². The van der Waals surface area contributed by atoms with E-state index in [0.717, 1.165) is 16.3 Å². The summed E-state index contributed by atoms with van der Waals surface area (Å²) in [6.45, 7) is 0. The van der Waals surface area contributed by atoms with Crippen LogP contribution in [-0.4, -0.2) is 10.1 Å². The molecule has 1 aromatic heterocycles. The summed E-state index contributed by atoms with van der Waals surface area (Å²) in [5.74, 6) is 0. The molecular formula is C16H11Cl2NO. The normalized spacial score (nSPS) is 12.6. The van der Waals surface area contributed by atoms with Gasteiger partial charge in [0.2, 0.25) is 0 Å². The summed E-state index contributed by atoms with van der Waals surface area (Å²) >= 11 is 12.2. The zero-order chi connectivity index (χ0) is 14.1. The van der Waals surface area contributed by atoms with Crippen LogP contribution in [0.3, 0.4) is 0 Å². The molecule has 4 heteroatoms. The molecule has 3 rings (SSSR count). The lowest BCUT2D eigenvalue weighted by Crippen LogP contribution is -2.01. The van der Waals surface area contributed by atoms with Crippen molar-refractivity contribution in [2.75, 3.05) is 0 Å². The molecule has 0 radical (unpaired) electrons. The maximum atomic E-state index is 10.6. The molecule has 1 unspecified atom stereocenters. The summed E-state index contributed by atoms with van der Waals surface area (Å²) in [4.78, 5) is 4.09. The number of nitrogens with zero attached hydrogens (tertiary/aromatic N) is 1. The first kappa shape index (κ1) is 13.4. The molecule has 0 fully saturated rings. The Hall–Kier alpha value is -1.61. The molecule has 0 aliphatic rings. The molecular weight excluding hydrogens is 293 g/mol. The second kappa shape index (κ2) is 5.41. The molecule has 0 aliphatic carbocycles. The SMILES string of the molecule is OC(c1cccc(Cl)c1Cl)c1cccc2cnccc12. The summed E-state index contributed by atoms with van der Waals surface area (Å²) in [7, 11) is 0. The first-order valence-corrected chi connectivity index (χ1v) is 6.88. The third-order valence-electron chi connectivity index (χ3n) is 3.29. The summed E-state index contributed by atoms with van der Waals surface area (Å²) in [5, 5.41) is 13.4. The van der Waals surface area contributed by atoms with Gasteiger partial charge in [0.05, 0.1) is 10.0 Å². The van der Waals surface area contributed by atoms with Gasteiger partial charge in [0, 0.05) is 23.3 Å². The minimum Gasteiger partial charge on any atom is -0.384 e. The van der Waals surface area contributed by atoms with Gasteiger partial charge in [0.1, 0.15) is 6.10 Å². The molecule has 20 heavy (non-hydrogen) atoms. The highest BCUT2D eigenvalue weighted by atomic mass is 35.5. The Morgan fingerprint density at radius 1 is 0.950 bits per heavy atom. The molecule has 1 atom stereocenters. The molecule has 1 N–H and O–H groups in total. The molecule has 0 saturated heterocycles. The number of halogens is 2. The molecule has 0 saturated carbocycles. The Morgan fingerprint density at radius 2 is 1.70 bits per heavy atom. The van der Waals surface area contributed by atoms with E-state index in [0.29, 0.717) is 15.6 Å². The van der Waals surface area contributed by atoms with Crippen LogP contribution in [0.5, 0.6) is 0 Å². The molecule has 100 valence electrons. The highest BCUT2D eigenvalue weighted by molar-refractivity contribution is 6.42. The topological polar surface area (TPSA) is 33.1 Å².